The topological polar surface area (TPSA) is 342 Å². The quantitative estimate of drug-likeness (QED) is 0.0993. The number of alkyl carbamates (subject to hydrolysis) is 4. The van der Waals surface area contributed by atoms with Crippen LogP contribution in [0.25, 0.3) is 0 Å². The zero-order valence-electron chi connectivity index (χ0n) is 48.7. The molecule has 0 radical (unpaired) electrons. The van der Waals surface area contributed by atoms with Crippen LogP contribution in [0.3, 0.4) is 0 Å². The van der Waals surface area contributed by atoms with E-state index in [1.165, 1.54) is 14.0 Å². The van der Waals surface area contributed by atoms with Crippen molar-refractivity contribution < 1.29 is 91.8 Å². The summed E-state index contributed by atoms with van der Waals surface area (Å²) in [5.41, 5.74) is -7.02. The van der Waals surface area contributed by atoms with Gasteiger partial charge in [0.05, 0.1) is 49.4 Å². The van der Waals surface area contributed by atoms with E-state index in [4.69, 9.17) is 42.6 Å². The summed E-state index contributed by atoms with van der Waals surface area (Å²) >= 11 is 0. The molecule has 6 amide bonds. The van der Waals surface area contributed by atoms with Crippen molar-refractivity contribution in [3.8, 4) is 0 Å². The lowest BCUT2D eigenvalue weighted by molar-refractivity contribution is -0.311. The molecule has 4 rings (SSSR count). The fraction of sp³-hybridized carbons (Fsp3) is 0.846. The molecule has 448 valence electrons. The van der Waals surface area contributed by atoms with Crippen molar-refractivity contribution in [1.29, 1.82) is 0 Å². The SMILES string of the molecule is CN(C(=O)OC(C)(C)C)[C@@H]1[C@@H](O)[C@@H](O[C@@H]2[C@@H](O)[C@H](O[C@H]3OC(CNCC4(NC(=O)OC(C)(C)C)CCC4)=CC[C@H]3NC(=O)OC(C)(C)C)[C@@H](NC(=O)OC(C)(C)C)C[C@H]2NC(=O)[C@@H](O)CNC(=O)OC(C)(C)C)OC[C@]1(C)O. The van der Waals surface area contributed by atoms with Gasteiger partial charge in [0.25, 0.3) is 5.91 Å². The zero-order valence-corrected chi connectivity index (χ0v) is 48.7. The third kappa shape index (κ3) is 20.6. The van der Waals surface area contributed by atoms with Gasteiger partial charge in [0.2, 0.25) is 6.29 Å². The van der Waals surface area contributed by atoms with E-state index in [9.17, 15) is 49.2 Å². The maximum atomic E-state index is 13.9. The molecular weight excluding hydrogens is 1030 g/mol. The van der Waals surface area contributed by atoms with Crippen LogP contribution >= 0.6 is 0 Å². The molecule has 2 heterocycles. The fourth-order valence-corrected chi connectivity index (χ4v) is 9.00. The van der Waals surface area contributed by atoms with Crippen LogP contribution < -0.4 is 31.9 Å². The molecule has 4 aliphatic rings. The minimum atomic E-state index is -1.95. The average molecular weight is 1120 g/mol. The molecule has 26 heteroatoms. The number of hydrogen-bond acceptors (Lipinski definition) is 20. The molecule has 0 aromatic heterocycles. The van der Waals surface area contributed by atoms with E-state index in [2.05, 4.69) is 31.9 Å². The Labute approximate surface area is 458 Å². The summed E-state index contributed by atoms with van der Waals surface area (Å²) in [5.74, 6) is -0.735. The second-order valence-corrected chi connectivity index (χ2v) is 25.8. The standard InChI is InChI=1S/C52H91N7O19/c1-46(2,3)74-41(64)54-25-32(60)38(63)55-30-23-31(57-43(66)76-48(7,8)9)36(33(61)35(30)73-40-34(62)37(51(16,69)27-70-40)59(17)45(68)78-50(13,14)15)72-39-29(56-42(65)75-47(4,5)6)20-19-28(71-39)24-53-26-52(21-18-22-52)58-44(67)77-49(10,11)12/h19,29-37,39-40,53,60-62,69H,18,20-27H2,1-17H3,(H,54,64)(H,55,63)(H,56,65)(H,57,66)(H,58,67)/t29-,30-,31+,32+,33-,34-,35+,36-,37-,39-,40-,51+/m1/s1. The Balaban J connectivity index is 1.75. The Morgan fingerprint density at radius 1 is 0.692 bits per heavy atom. The summed E-state index contributed by atoms with van der Waals surface area (Å²) in [6, 6.07) is -5.17. The Hall–Kier alpha value is -4.96. The molecule has 2 aliphatic carbocycles. The summed E-state index contributed by atoms with van der Waals surface area (Å²) in [6.07, 6.45) is -12.7. The van der Waals surface area contributed by atoms with Crippen molar-refractivity contribution in [2.45, 2.75) is 249 Å². The molecule has 10 N–H and O–H groups in total. The first-order chi connectivity index (χ1) is 35.5. The van der Waals surface area contributed by atoms with Gasteiger partial charge >= 0.3 is 30.5 Å². The van der Waals surface area contributed by atoms with Gasteiger partial charge < -0.3 is 99.9 Å². The molecule has 0 bridgehead atoms. The first-order valence-corrected chi connectivity index (χ1v) is 26.5. The van der Waals surface area contributed by atoms with Crippen LogP contribution in [0.2, 0.25) is 0 Å². The monoisotopic (exact) mass is 1120 g/mol. The highest BCUT2D eigenvalue weighted by Gasteiger charge is 2.55. The molecule has 0 aromatic rings. The summed E-state index contributed by atoms with van der Waals surface area (Å²) in [7, 11) is 1.30. The van der Waals surface area contributed by atoms with Crippen LogP contribution in [0.1, 0.15) is 143 Å². The second kappa shape index (κ2) is 25.7. The molecule has 2 saturated carbocycles. The first-order valence-electron chi connectivity index (χ1n) is 26.5. The van der Waals surface area contributed by atoms with Crippen LogP contribution in [0.15, 0.2) is 11.8 Å². The van der Waals surface area contributed by atoms with E-state index in [0.717, 1.165) is 11.3 Å². The van der Waals surface area contributed by atoms with Crippen LogP contribution in [0.5, 0.6) is 0 Å². The Morgan fingerprint density at radius 3 is 1.69 bits per heavy atom. The normalized spacial score (nSPS) is 28.9. The molecule has 3 fully saturated rings. The van der Waals surface area contributed by atoms with Gasteiger partial charge in [-0.2, -0.15) is 0 Å². The predicted molar refractivity (Wildman–Crippen MR) is 279 cm³/mol. The summed E-state index contributed by atoms with van der Waals surface area (Å²) < 4.78 is 53.0. The first kappa shape index (κ1) is 65.6. The smallest absolute Gasteiger partial charge is 0.410 e. The van der Waals surface area contributed by atoms with Crippen LogP contribution in [0.4, 0.5) is 24.0 Å². The summed E-state index contributed by atoms with van der Waals surface area (Å²) in [5, 5.41) is 64.1. The lowest BCUT2D eigenvalue weighted by Gasteiger charge is -2.50. The Kier molecular flexibility index (Phi) is 21.6. The van der Waals surface area contributed by atoms with Gasteiger partial charge in [0, 0.05) is 13.6 Å². The van der Waals surface area contributed by atoms with Crippen molar-refractivity contribution in [2.24, 2.45) is 0 Å². The number of aliphatic hydroxyl groups excluding tert-OH is 3. The Morgan fingerprint density at radius 2 is 1.18 bits per heavy atom. The number of nitrogens with zero attached hydrogens (tertiary/aromatic N) is 1. The zero-order chi connectivity index (χ0) is 59.1. The van der Waals surface area contributed by atoms with Crippen molar-refractivity contribution in [3.05, 3.63) is 11.8 Å². The molecule has 0 spiro atoms. The van der Waals surface area contributed by atoms with Crippen LogP contribution in [-0.2, 0) is 47.4 Å². The van der Waals surface area contributed by atoms with E-state index in [1.807, 2.05) is 0 Å². The molecule has 0 unspecified atom stereocenters. The number of ether oxygens (including phenoxy) is 9. The van der Waals surface area contributed by atoms with Crippen LogP contribution in [-0.4, -0.2) is 201 Å². The van der Waals surface area contributed by atoms with Gasteiger partial charge in [-0.15, -0.1) is 0 Å². The number of carbonyl (C=O) groups is 6. The second-order valence-electron chi connectivity index (χ2n) is 25.8. The number of carbonyl (C=O) groups excluding carboxylic acids is 6. The third-order valence-corrected chi connectivity index (χ3v) is 12.3. The molecule has 26 nitrogen and oxygen atoms in total. The van der Waals surface area contributed by atoms with Crippen molar-refractivity contribution in [1.82, 2.24) is 36.8 Å². The predicted octanol–water partition coefficient (Wildman–Crippen LogP) is 3.05. The molecular formula is C52H91N7O19. The molecule has 1 saturated heterocycles. The van der Waals surface area contributed by atoms with Gasteiger partial charge in [0.1, 0.15) is 69.9 Å². The molecule has 12 atom stereocenters. The Bertz CT molecular complexity index is 2110. The molecule has 2 aliphatic heterocycles. The maximum absolute atomic E-state index is 13.9. The van der Waals surface area contributed by atoms with Gasteiger partial charge in [-0.1, -0.05) is 0 Å². The molecule has 78 heavy (non-hydrogen) atoms. The molecule has 0 aromatic carbocycles. The minimum absolute atomic E-state index is 0.0949. The number of rotatable bonds is 16. The number of likely N-dealkylation sites (N-methyl/N-ethyl adjacent to an activating group) is 1. The van der Waals surface area contributed by atoms with E-state index < -0.39 is 156 Å². The van der Waals surface area contributed by atoms with Crippen molar-refractivity contribution in [3.63, 3.8) is 0 Å². The largest absolute Gasteiger partial charge is 0.466 e. The van der Waals surface area contributed by atoms with E-state index >= 15 is 0 Å². The maximum Gasteiger partial charge on any atom is 0.410 e. The minimum Gasteiger partial charge on any atom is -0.466 e. The number of nitrogens with one attached hydrogen (secondary N) is 6. The van der Waals surface area contributed by atoms with Gasteiger partial charge in [-0.05, 0) is 149 Å². The van der Waals surface area contributed by atoms with Gasteiger partial charge in [-0.3, -0.25) is 4.79 Å². The van der Waals surface area contributed by atoms with Gasteiger partial charge in [0.15, 0.2) is 6.29 Å². The van der Waals surface area contributed by atoms with Crippen molar-refractivity contribution >= 4 is 36.4 Å². The highest BCUT2D eigenvalue weighted by molar-refractivity contribution is 5.82. The number of amides is 6. The lowest BCUT2D eigenvalue weighted by atomic mass is 9.76. The fourth-order valence-electron chi connectivity index (χ4n) is 9.00. The van der Waals surface area contributed by atoms with Gasteiger partial charge in [-0.25, -0.2) is 24.0 Å². The van der Waals surface area contributed by atoms with Crippen LogP contribution in [0, 0.1) is 0 Å². The van der Waals surface area contributed by atoms with E-state index in [1.54, 1.807) is 110 Å². The number of hydrogen-bond donors (Lipinski definition) is 10. The van der Waals surface area contributed by atoms with E-state index in [0.29, 0.717) is 25.1 Å². The summed E-state index contributed by atoms with van der Waals surface area (Å²) in [4.78, 5) is 80.7. The highest BCUT2D eigenvalue weighted by Crippen LogP contribution is 2.36. The summed E-state index contributed by atoms with van der Waals surface area (Å²) in [6.45, 7) is 25.6. The number of aliphatic hydroxyl groups is 4. The third-order valence-electron chi connectivity index (χ3n) is 12.3. The van der Waals surface area contributed by atoms with E-state index in [-0.39, 0.29) is 19.4 Å². The lowest BCUT2D eigenvalue weighted by Crippen LogP contribution is -2.71. The highest BCUT2D eigenvalue weighted by atomic mass is 16.7. The average Bonchev–Trinajstić information content (AvgIpc) is 3.22. The van der Waals surface area contributed by atoms with Crippen molar-refractivity contribution in [2.75, 3.05) is 33.3 Å².